The largest absolute Gasteiger partial charge is 0.322 e. The highest BCUT2D eigenvalue weighted by atomic mass is 32.2. The Labute approximate surface area is 181 Å². The Morgan fingerprint density at radius 3 is 2.39 bits per heavy atom. The Morgan fingerprint density at radius 2 is 1.68 bits per heavy atom. The zero-order valence-corrected chi connectivity index (χ0v) is 18.2. The van der Waals surface area contributed by atoms with Crippen molar-refractivity contribution < 1.29 is 13.2 Å². The van der Waals surface area contributed by atoms with Crippen molar-refractivity contribution in [2.24, 2.45) is 7.05 Å². The number of aromatic nitrogens is 2. The minimum Gasteiger partial charge on any atom is -0.322 e. The van der Waals surface area contributed by atoms with Crippen LogP contribution in [0.1, 0.15) is 15.9 Å². The third kappa shape index (κ3) is 3.89. The quantitative estimate of drug-likeness (QED) is 0.515. The highest BCUT2D eigenvalue weighted by Gasteiger charge is 2.28. The van der Waals surface area contributed by atoms with Gasteiger partial charge in [-0.15, -0.1) is 0 Å². The number of aryl methyl sites for hydroxylation is 2. The first-order valence-electron chi connectivity index (χ1n) is 9.65. The Bertz CT molecular complexity index is 1380. The molecule has 0 aliphatic rings. The Balaban J connectivity index is 1.66. The van der Waals surface area contributed by atoms with Crippen molar-refractivity contribution in [2.45, 2.75) is 11.8 Å². The summed E-state index contributed by atoms with van der Waals surface area (Å²) in [5.41, 5.74) is 1.73. The fourth-order valence-electron chi connectivity index (χ4n) is 3.41. The molecule has 0 saturated heterocycles. The summed E-state index contributed by atoms with van der Waals surface area (Å²) in [5.74, 6) is -0.261. The molecule has 7 nitrogen and oxygen atoms in total. The number of sulfonamides is 1. The van der Waals surface area contributed by atoms with Crippen molar-refractivity contribution in [3.8, 4) is 0 Å². The number of anilines is 2. The van der Waals surface area contributed by atoms with Gasteiger partial charge in [0.25, 0.3) is 15.9 Å². The molecule has 158 valence electrons. The molecule has 0 saturated carbocycles. The van der Waals surface area contributed by atoms with Crippen LogP contribution < -0.4 is 9.62 Å². The Hall–Kier alpha value is -3.65. The van der Waals surface area contributed by atoms with Gasteiger partial charge < -0.3 is 5.32 Å². The molecular weight excluding hydrogens is 412 g/mol. The lowest BCUT2D eigenvalue weighted by Gasteiger charge is -2.21. The number of nitrogens with zero attached hydrogens (tertiary/aromatic N) is 3. The minimum atomic E-state index is -3.87. The number of rotatable bonds is 5. The van der Waals surface area contributed by atoms with Gasteiger partial charge in [0.2, 0.25) is 0 Å². The second-order valence-corrected chi connectivity index (χ2v) is 9.28. The van der Waals surface area contributed by atoms with Crippen LogP contribution in [-0.2, 0) is 17.1 Å². The summed E-state index contributed by atoms with van der Waals surface area (Å²) in [7, 11) is -0.850. The van der Waals surface area contributed by atoms with Gasteiger partial charge in [-0.3, -0.25) is 13.8 Å². The molecule has 3 aromatic carbocycles. The normalized spacial score (nSPS) is 11.5. The van der Waals surface area contributed by atoms with Crippen LogP contribution in [0.5, 0.6) is 0 Å². The van der Waals surface area contributed by atoms with Gasteiger partial charge in [-0.05, 0) is 42.0 Å². The van der Waals surface area contributed by atoms with E-state index in [4.69, 9.17) is 0 Å². The number of fused-ring (bicyclic) bond motifs is 1. The zero-order valence-electron chi connectivity index (χ0n) is 17.4. The van der Waals surface area contributed by atoms with Crippen LogP contribution in [0.25, 0.3) is 10.8 Å². The van der Waals surface area contributed by atoms with E-state index in [2.05, 4.69) is 10.4 Å². The van der Waals surface area contributed by atoms with Gasteiger partial charge in [-0.2, -0.15) is 5.10 Å². The van der Waals surface area contributed by atoms with Crippen molar-refractivity contribution in [1.82, 2.24) is 9.78 Å². The zero-order chi connectivity index (χ0) is 22.2. The van der Waals surface area contributed by atoms with Gasteiger partial charge in [0.05, 0.1) is 11.1 Å². The molecule has 1 aromatic heterocycles. The number of benzene rings is 3. The first-order chi connectivity index (χ1) is 14.8. The third-order valence-corrected chi connectivity index (χ3v) is 6.90. The van der Waals surface area contributed by atoms with Crippen LogP contribution in [0, 0.1) is 6.92 Å². The molecular formula is C23H22N4O3S. The number of nitrogens with one attached hydrogen (secondary N) is 1. The molecule has 0 radical (unpaired) electrons. The van der Waals surface area contributed by atoms with Crippen LogP contribution in [0.3, 0.4) is 0 Å². The van der Waals surface area contributed by atoms with Gasteiger partial charge >= 0.3 is 0 Å². The van der Waals surface area contributed by atoms with Gasteiger partial charge in [0, 0.05) is 19.8 Å². The maximum atomic E-state index is 13.1. The maximum Gasteiger partial charge on any atom is 0.265 e. The SMILES string of the molecule is Cc1ccc(S(=O)(=O)N(C)c2c(C(=O)Nc3ccc4ccccc4c3)cnn2C)cc1. The van der Waals surface area contributed by atoms with Crippen LogP contribution in [0.15, 0.2) is 77.8 Å². The monoisotopic (exact) mass is 434 g/mol. The summed E-state index contributed by atoms with van der Waals surface area (Å²) in [4.78, 5) is 13.2. The summed E-state index contributed by atoms with van der Waals surface area (Å²) in [6.07, 6.45) is 1.37. The van der Waals surface area contributed by atoms with E-state index in [1.165, 1.54) is 17.9 Å². The number of carbonyl (C=O) groups is 1. The average Bonchev–Trinajstić information content (AvgIpc) is 3.14. The molecule has 4 rings (SSSR count). The van der Waals surface area contributed by atoms with Gasteiger partial charge in [0.15, 0.2) is 5.82 Å². The summed E-state index contributed by atoms with van der Waals surface area (Å²) in [5, 5.41) is 9.02. The topological polar surface area (TPSA) is 84.3 Å². The summed E-state index contributed by atoms with van der Waals surface area (Å²) >= 11 is 0. The second-order valence-electron chi connectivity index (χ2n) is 7.31. The smallest absolute Gasteiger partial charge is 0.265 e. The third-order valence-electron chi connectivity index (χ3n) is 5.14. The first kappa shape index (κ1) is 20.6. The summed E-state index contributed by atoms with van der Waals surface area (Å²) in [6, 6.07) is 20.0. The van der Waals surface area contributed by atoms with E-state index in [9.17, 15) is 13.2 Å². The minimum absolute atomic E-state index is 0.141. The molecule has 8 heteroatoms. The molecule has 31 heavy (non-hydrogen) atoms. The van der Waals surface area contributed by atoms with Gasteiger partial charge in [0.1, 0.15) is 5.56 Å². The number of carbonyl (C=O) groups excluding carboxylic acids is 1. The second kappa shape index (κ2) is 7.88. The fourth-order valence-corrected chi connectivity index (χ4v) is 4.65. The summed E-state index contributed by atoms with van der Waals surface area (Å²) < 4.78 is 28.7. The van der Waals surface area contributed by atoms with Crippen molar-refractivity contribution in [1.29, 1.82) is 0 Å². The summed E-state index contributed by atoms with van der Waals surface area (Å²) in [6.45, 7) is 1.89. The number of hydrogen-bond donors (Lipinski definition) is 1. The molecule has 0 spiro atoms. The van der Waals surface area contributed by atoms with Crippen LogP contribution in [0.2, 0.25) is 0 Å². The van der Waals surface area contributed by atoms with Crippen molar-refractivity contribution in [2.75, 3.05) is 16.7 Å². The van der Waals surface area contributed by atoms with E-state index in [0.717, 1.165) is 20.6 Å². The highest BCUT2D eigenvalue weighted by molar-refractivity contribution is 7.92. The molecule has 1 N–H and O–H groups in total. The molecule has 0 atom stereocenters. The molecule has 0 fully saturated rings. The molecule has 4 aromatic rings. The molecule has 0 unspecified atom stereocenters. The predicted molar refractivity (Wildman–Crippen MR) is 122 cm³/mol. The van der Waals surface area contributed by atoms with Crippen molar-refractivity contribution >= 4 is 38.2 Å². The average molecular weight is 435 g/mol. The van der Waals surface area contributed by atoms with E-state index in [0.29, 0.717) is 5.69 Å². The van der Waals surface area contributed by atoms with E-state index in [1.807, 2.05) is 49.4 Å². The molecule has 0 aliphatic carbocycles. The van der Waals surface area contributed by atoms with Crippen LogP contribution in [-0.4, -0.2) is 31.2 Å². The molecule has 0 bridgehead atoms. The van der Waals surface area contributed by atoms with Gasteiger partial charge in [-0.25, -0.2) is 8.42 Å². The lowest BCUT2D eigenvalue weighted by atomic mass is 10.1. The van der Waals surface area contributed by atoms with E-state index < -0.39 is 15.9 Å². The Morgan fingerprint density at radius 1 is 1.00 bits per heavy atom. The van der Waals surface area contributed by atoms with Crippen molar-refractivity contribution in [3.63, 3.8) is 0 Å². The standard InChI is InChI=1S/C23H22N4O3S/c1-16-8-12-20(13-9-16)31(29,30)27(3)23-21(15-24-26(23)2)22(28)25-19-11-10-17-6-4-5-7-18(17)14-19/h4-15H,1-3H3,(H,25,28). The van der Waals surface area contributed by atoms with Crippen molar-refractivity contribution in [3.05, 3.63) is 84.1 Å². The predicted octanol–water partition coefficient (Wildman–Crippen LogP) is 3.96. The molecule has 0 aliphatic heterocycles. The fraction of sp³-hybridized carbons (Fsp3) is 0.130. The number of amides is 1. The number of hydrogen-bond acceptors (Lipinski definition) is 4. The molecule has 1 amide bonds. The van der Waals surface area contributed by atoms with E-state index in [1.54, 1.807) is 31.3 Å². The lowest BCUT2D eigenvalue weighted by molar-refractivity contribution is 0.102. The van der Waals surface area contributed by atoms with Crippen LogP contribution in [0.4, 0.5) is 11.5 Å². The molecule has 1 heterocycles. The highest BCUT2D eigenvalue weighted by Crippen LogP contribution is 2.27. The van der Waals surface area contributed by atoms with E-state index >= 15 is 0 Å². The first-order valence-corrected chi connectivity index (χ1v) is 11.1. The van der Waals surface area contributed by atoms with Crippen LogP contribution >= 0.6 is 0 Å². The Kier molecular flexibility index (Phi) is 5.24. The van der Waals surface area contributed by atoms with E-state index in [-0.39, 0.29) is 16.3 Å². The van der Waals surface area contributed by atoms with Gasteiger partial charge in [-0.1, -0.05) is 48.0 Å². The lowest BCUT2D eigenvalue weighted by Crippen LogP contribution is -2.30. The maximum absolute atomic E-state index is 13.1.